The maximum absolute atomic E-state index is 11.6. The number of aryl methyl sites for hydroxylation is 1. The topological polar surface area (TPSA) is 44.1 Å². The average molecular weight is 358 g/mol. The number of carbonyl (C=O) groups is 1. The molecular weight excluding hydrogens is 336 g/mol. The van der Waals surface area contributed by atoms with E-state index >= 15 is 0 Å². The minimum absolute atomic E-state index is 0.451. The van der Waals surface area contributed by atoms with E-state index in [4.69, 9.17) is 4.74 Å². The fourth-order valence-corrected chi connectivity index (χ4v) is 3.65. The molecule has 0 aliphatic rings. The Morgan fingerprint density at radius 3 is 2.56 bits per heavy atom. The van der Waals surface area contributed by atoms with Gasteiger partial charge in [-0.15, -0.1) is 0 Å². The normalized spacial score (nSPS) is 11.2. The van der Waals surface area contributed by atoms with E-state index in [2.05, 4.69) is 34.7 Å². The Bertz CT molecular complexity index is 1110. The van der Waals surface area contributed by atoms with Crippen molar-refractivity contribution in [3.63, 3.8) is 0 Å². The minimum Gasteiger partial charge on any atom is -0.497 e. The van der Waals surface area contributed by atoms with Crippen LogP contribution in [0.3, 0.4) is 0 Å². The molecular formula is C23H22N2O2. The molecule has 2 heterocycles. The number of fused-ring (bicyclic) bond motifs is 3. The molecule has 0 atom stereocenters. The molecule has 4 nitrogen and oxygen atoms in total. The van der Waals surface area contributed by atoms with Crippen LogP contribution in [0.5, 0.6) is 5.75 Å². The van der Waals surface area contributed by atoms with Crippen LogP contribution >= 0.6 is 0 Å². The number of ether oxygens (including phenoxy) is 1. The number of pyridine rings is 1. The van der Waals surface area contributed by atoms with E-state index in [9.17, 15) is 4.79 Å². The molecule has 0 aliphatic carbocycles. The second kappa shape index (κ2) is 7.23. The number of hydrogen-bond acceptors (Lipinski definition) is 3. The molecule has 4 aromatic rings. The van der Waals surface area contributed by atoms with Crippen LogP contribution < -0.4 is 4.74 Å². The lowest BCUT2D eigenvalue weighted by atomic mass is 10.1. The van der Waals surface area contributed by atoms with Crippen LogP contribution in [0, 0.1) is 0 Å². The van der Waals surface area contributed by atoms with Gasteiger partial charge in [-0.25, -0.2) is 4.98 Å². The summed E-state index contributed by atoms with van der Waals surface area (Å²) in [6.45, 7) is 3.12. The molecule has 136 valence electrons. The monoisotopic (exact) mass is 358 g/mol. The summed E-state index contributed by atoms with van der Waals surface area (Å²) in [7, 11) is 1.65. The first kappa shape index (κ1) is 17.3. The van der Waals surface area contributed by atoms with Gasteiger partial charge in [0.05, 0.1) is 18.3 Å². The fraction of sp³-hybridized carbons (Fsp3) is 0.217. The molecule has 0 saturated heterocycles. The molecule has 27 heavy (non-hydrogen) atoms. The second-order valence-corrected chi connectivity index (χ2v) is 6.66. The number of carbonyl (C=O) groups excluding carboxylic acids is 1. The van der Waals surface area contributed by atoms with Crippen molar-refractivity contribution < 1.29 is 9.53 Å². The molecule has 2 aromatic carbocycles. The Morgan fingerprint density at radius 1 is 1.07 bits per heavy atom. The number of aldehydes is 1. The van der Waals surface area contributed by atoms with Gasteiger partial charge in [-0.3, -0.25) is 4.79 Å². The number of aromatic nitrogens is 2. The lowest BCUT2D eigenvalue weighted by Gasteiger charge is -2.11. The van der Waals surface area contributed by atoms with Gasteiger partial charge in [-0.2, -0.15) is 0 Å². The largest absolute Gasteiger partial charge is 0.497 e. The summed E-state index contributed by atoms with van der Waals surface area (Å²) in [6.07, 6.45) is 3.03. The van der Waals surface area contributed by atoms with Crippen LogP contribution in [0.2, 0.25) is 0 Å². The number of rotatable bonds is 6. The Kier molecular flexibility index (Phi) is 4.63. The predicted octanol–water partition coefficient (Wildman–Crippen LogP) is 5.48. The Morgan fingerprint density at radius 2 is 1.85 bits per heavy atom. The highest BCUT2D eigenvalue weighted by Gasteiger charge is 2.17. The molecule has 0 aliphatic heterocycles. The number of hydrogen-bond donors (Lipinski definition) is 0. The third-order valence-electron chi connectivity index (χ3n) is 4.99. The molecule has 0 fully saturated rings. The molecule has 0 saturated carbocycles. The summed E-state index contributed by atoms with van der Waals surface area (Å²) in [6, 6.07) is 18.1. The number of nitrogens with zero attached hydrogens (tertiary/aromatic N) is 2. The molecule has 0 radical (unpaired) electrons. The first-order valence-electron chi connectivity index (χ1n) is 9.28. The molecule has 0 unspecified atom stereocenters. The number of para-hydroxylation sites is 1. The minimum atomic E-state index is 0.451. The van der Waals surface area contributed by atoms with Crippen LogP contribution in [-0.2, 0) is 6.54 Å². The van der Waals surface area contributed by atoms with E-state index in [1.807, 2.05) is 36.4 Å². The summed E-state index contributed by atoms with van der Waals surface area (Å²) in [5, 5.41) is 2.23. The summed E-state index contributed by atoms with van der Waals surface area (Å²) in [5.41, 5.74) is 4.53. The maximum atomic E-state index is 11.6. The molecule has 4 heteroatoms. The van der Waals surface area contributed by atoms with E-state index in [0.717, 1.165) is 59.0 Å². The quantitative estimate of drug-likeness (QED) is 0.429. The lowest BCUT2D eigenvalue weighted by molar-refractivity contribution is 0.111. The third-order valence-corrected chi connectivity index (χ3v) is 4.99. The summed E-state index contributed by atoms with van der Waals surface area (Å²) >= 11 is 0. The molecule has 0 spiro atoms. The first-order valence-corrected chi connectivity index (χ1v) is 9.28. The van der Waals surface area contributed by atoms with Gasteiger partial charge in [0, 0.05) is 28.4 Å². The van der Waals surface area contributed by atoms with E-state index in [0.29, 0.717) is 5.69 Å². The van der Waals surface area contributed by atoms with Crippen molar-refractivity contribution in [1.29, 1.82) is 0 Å². The lowest BCUT2D eigenvalue weighted by Crippen LogP contribution is -2.01. The van der Waals surface area contributed by atoms with Crippen molar-refractivity contribution in [2.75, 3.05) is 7.11 Å². The Hall–Kier alpha value is -3.14. The predicted molar refractivity (Wildman–Crippen MR) is 110 cm³/mol. The maximum Gasteiger partial charge on any atom is 0.168 e. The average Bonchev–Trinajstić information content (AvgIpc) is 3.05. The third kappa shape index (κ3) is 2.97. The van der Waals surface area contributed by atoms with Crippen LogP contribution in [-0.4, -0.2) is 22.9 Å². The van der Waals surface area contributed by atoms with Gasteiger partial charge in [-0.05, 0) is 42.8 Å². The summed E-state index contributed by atoms with van der Waals surface area (Å²) in [4.78, 5) is 16.2. The van der Waals surface area contributed by atoms with E-state index < -0.39 is 0 Å². The van der Waals surface area contributed by atoms with E-state index in [1.165, 1.54) is 5.52 Å². The van der Waals surface area contributed by atoms with Crippen molar-refractivity contribution in [1.82, 2.24) is 9.55 Å². The van der Waals surface area contributed by atoms with Crippen molar-refractivity contribution in [2.45, 2.75) is 26.3 Å². The number of methoxy groups -OCH3 is 1. The van der Waals surface area contributed by atoms with Gasteiger partial charge >= 0.3 is 0 Å². The van der Waals surface area contributed by atoms with Gasteiger partial charge in [0.25, 0.3) is 0 Å². The van der Waals surface area contributed by atoms with Crippen LogP contribution in [0.1, 0.15) is 30.3 Å². The van der Waals surface area contributed by atoms with E-state index in [-0.39, 0.29) is 0 Å². The van der Waals surface area contributed by atoms with Crippen molar-refractivity contribution in [3.05, 3.63) is 60.3 Å². The Labute approximate surface area is 158 Å². The molecule has 0 N–H and O–H groups in total. The highest BCUT2D eigenvalue weighted by molar-refractivity contribution is 6.12. The Balaban J connectivity index is 2.08. The van der Waals surface area contributed by atoms with Crippen LogP contribution in [0.15, 0.2) is 54.6 Å². The summed E-state index contributed by atoms with van der Waals surface area (Å²) < 4.78 is 7.62. The van der Waals surface area contributed by atoms with Gasteiger partial charge in [0.2, 0.25) is 0 Å². The SMILES string of the molecule is CCCCn1c2ccccc2c2cc(C=O)nc(-c3ccc(OC)cc3)c21. The zero-order valence-electron chi connectivity index (χ0n) is 15.6. The molecule has 0 bridgehead atoms. The second-order valence-electron chi connectivity index (χ2n) is 6.66. The number of benzene rings is 2. The van der Waals surface area contributed by atoms with Gasteiger partial charge in [0.15, 0.2) is 6.29 Å². The molecule has 2 aromatic heterocycles. The van der Waals surface area contributed by atoms with Crippen molar-refractivity contribution in [3.8, 4) is 17.0 Å². The van der Waals surface area contributed by atoms with E-state index in [1.54, 1.807) is 7.11 Å². The first-order chi connectivity index (χ1) is 13.3. The number of unbranched alkanes of at least 4 members (excludes halogenated alkanes) is 1. The van der Waals surface area contributed by atoms with Gasteiger partial charge in [0.1, 0.15) is 11.4 Å². The van der Waals surface area contributed by atoms with Gasteiger partial charge in [-0.1, -0.05) is 31.5 Å². The molecule has 0 amide bonds. The molecule has 4 rings (SSSR count). The zero-order chi connectivity index (χ0) is 18.8. The smallest absolute Gasteiger partial charge is 0.168 e. The highest BCUT2D eigenvalue weighted by Crippen LogP contribution is 2.36. The van der Waals surface area contributed by atoms with Gasteiger partial charge < -0.3 is 9.30 Å². The zero-order valence-corrected chi connectivity index (χ0v) is 15.6. The van der Waals surface area contributed by atoms with Crippen molar-refractivity contribution >= 4 is 28.1 Å². The summed E-state index contributed by atoms with van der Waals surface area (Å²) in [5.74, 6) is 0.799. The highest BCUT2D eigenvalue weighted by atomic mass is 16.5. The van der Waals surface area contributed by atoms with Crippen LogP contribution in [0.25, 0.3) is 33.1 Å². The standard InChI is InChI=1S/C23H22N2O2/c1-3-4-13-25-21-8-6-5-7-19(21)20-14-17(15-26)24-22(23(20)25)16-9-11-18(27-2)12-10-16/h5-12,14-15H,3-4,13H2,1-2H3. The van der Waals surface area contributed by atoms with Crippen LogP contribution in [0.4, 0.5) is 0 Å². The van der Waals surface area contributed by atoms with Crippen molar-refractivity contribution in [2.24, 2.45) is 0 Å². The fourth-order valence-electron chi connectivity index (χ4n) is 3.65.